The number of hydrogen-bond acceptors (Lipinski definition) is 3. The van der Waals surface area contributed by atoms with Crippen molar-refractivity contribution in [1.82, 2.24) is 4.57 Å². The van der Waals surface area contributed by atoms with E-state index in [2.05, 4.69) is 0 Å². The molecule has 0 bridgehead atoms. The average molecular weight is 246 g/mol. The van der Waals surface area contributed by atoms with Gasteiger partial charge in [0.15, 0.2) is 0 Å². The lowest BCUT2D eigenvalue weighted by Gasteiger charge is -2.06. The summed E-state index contributed by atoms with van der Waals surface area (Å²) in [6, 6.07) is 3.66. The second-order valence-corrected chi connectivity index (χ2v) is 4.86. The highest BCUT2D eigenvalue weighted by Gasteiger charge is 2.31. The van der Waals surface area contributed by atoms with Crippen LogP contribution in [-0.2, 0) is 13.5 Å². The van der Waals surface area contributed by atoms with Gasteiger partial charge in [0.05, 0.1) is 27.6 Å². The molecular formula is C13H14N2O3. The Kier molecular flexibility index (Phi) is 2.22. The Hall–Kier alpha value is -1.88. The third kappa shape index (κ3) is 1.25. The van der Waals surface area contributed by atoms with Crippen LogP contribution in [-0.4, -0.2) is 14.6 Å². The monoisotopic (exact) mass is 246 g/mol. The first-order chi connectivity index (χ1) is 8.52. The van der Waals surface area contributed by atoms with Gasteiger partial charge in [0.1, 0.15) is 0 Å². The molecule has 5 nitrogen and oxygen atoms in total. The Labute approximate surface area is 104 Å². The fourth-order valence-corrected chi connectivity index (χ4v) is 3.05. The maximum atomic E-state index is 11.3. The van der Waals surface area contributed by atoms with Crippen molar-refractivity contribution in [1.29, 1.82) is 0 Å². The molecule has 0 saturated heterocycles. The molecule has 18 heavy (non-hydrogen) atoms. The van der Waals surface area contributed by atoms with Gasteiger partial charge in [0.25, 0.3) is 5.69 Å². The summed E-state index contributed by atoms with van der Waals surface area (Å²) in [6.07, 6.45) is 0.856. The fourth-order valence-electron chi connectivity index (χ4n) is 3.05. The minimum atomic E-state index is -0.502. The lowest BCUT2D eigenvalue weighted by molar-refractivity contribution is -0.383. The van der Waals surface area contributed by atoms with Gasteiger partial charge in [-0.05, 0) is 31.4 Å². The van der Waals surface area contributed by atoms with Gasteiger partial charge in [-0.15, -0.1) is 0 Å². The quantitative estimate of drug-likeness (QED) is 0.620. The van der Waals surface area contributed by atoms with Crippen LogP contribution >= 0.6 is 0 Å². The van der Waals surface area contributed by atoms with Crippen LogP contribution in [0.25, 0.3) is 10.9 Å². The number of aliphatic hydroxyl groups excluding tert-OH is 1. The van der Waals surface area contributed by atoms with Gasteiger partial charge in [-0.2, -0.15) is 0 Å². The van der Waals surface area contributed by atoms with Crippen molar-refractivity contribution < 1.29 is 10.0 Å². The van der Waals surface area contributed by atoms with Gasteiger partial charge in [-0.3, -0.25) is 10.1 Å². The number of rotatable bonds is 1. The number of nitro groups is 1. The van der Waals surface area contributed by atoms with Crippen LogP contribution in [0.3, 0.4) is 0 Å². The van der Waals surface area contributed by atoms with Crippen molar-refractivity contribution in [3.8, 4) is 0 Å². The van der Waals surface area contributed by atoms with E-state index in [1.807, 2.05) is 17.7 Å². The zero-order chi connectivity index (χ0) is 13.0. The van der Waals surface area contributed by atoms with E-state index in [9.17, 15) is 15.2 Å². The molecule has 1 atom stereocenters. The van der Waals surface area contributed by atoms with E-state index in [0.717, 1.165) is 16.8 Å². The summed E-state index contributed by atoms with van der Waals surface area (Å²) in [5.74, 6) is 0. The number of aliphatic hydroxyl groups is 1. The minimum absolute atomic E-state index is 0.179. The van der Waals surface area contributed by atoms with E-state index < -0.39 is 6.10 Å². The number of aromatic nitrogens is 1. The van der Waals surface area contributed by atoms with Crippen LogP contribution in [0.4, 0.5) is 5.69 Å². The smallest absolute Gasteiger partial charge is 0.281 e. The van der Waals surface area contributed by atoms with Gasteiger partial charge < -0.3 is 9.67 Å². The van der Waals surface area contributed by atoms with Crippen LogP contribution in [0.2, 0.25) is 0 Å². The van der Waals surface area contributed by atoms with Crippen LogP contribution in [0.5, 0.6) is 0 Å². The Morgan fingerprint density at radius 2 is 2.22 bits per heavy atom. The molecular weight excluding hydrogens is 232 g/mol. The predicted octanol–water partition coefficient (Wildman–Crippen LogP) is 2.37. The highest BCUT2D eigenvalue weighted by molar-refractivity contribution is 5.95. The number of aryl methyl sites for hydroxylation is 3. The minimum Gasteiger partial charge on any atom is -0.387 e. The number of nitrogens with zero attached hydrogens (tertiary/aromatic N) is 2. The topological polar surface area (TPSA) is 68.3 Å². The molecule has 1 aromatic carbocycles. The zero-order valence-electron chi connectivity index (χ0n) is 10.3. The van der Waals surface area contributed by atoms with Gasteiger partial charge in [-0.1, -0.05) is 6.07 Å². The molecule has 5 heteroatoms. The highest BCUT2D eigenvalue weighted by Crippen LogP contribution is 2.42. The molecule has 0 aliphatic heterocycles. The molecule has 1 heterocycles. The molecule has 2 aromatic rings. The maximum Gasteiger partial charge on any atom is 0.281 e. The molecule has 0 spiro atoms. The SMILES string of the molecule is Cc1ccc2c(c3c(n2C)C(O)CC3)c1[N+](=O)[O-]. The number of nitro benzene ring substituents is 1. The molecule has 1 aromatic heterocycles. The molecule has 0 amide bonds. The highest BCUT2D eigenvalue weighted by atomic mass is 16.6. The molecule has 0 radical (unpaired) electrons. The number of fused-ring (bicyclic) bond motifs is 3. The van der Waals surface area contributed by atoms with E-state index in [0.29, 0.717) is 23.8 Å². The molecule has 1 N–H and O–H groups in total. The van der Waals surface area contributed by atoms with E-state index in [4.69, 9.17) is 0 Å². The second-order valence-electron chi connectivity index (χ2n) is 4.86. The molecule has 94 valence electrons. The first kappa shape index (κ1) is 11.2. The third-order valence-electron chi connectivity index (χ3n) is 3.86. The van der Waals surface area contributed by atoms with Crippen molar-refractivity contribution in [2.45, 2.75) is 25.9 Å². The second kappa shape index (κ2) is 3.55. The fraction of sp³-hybridized carbons (Fsp3) is 0.385. The summed E-state index contributed by atoms with van der Waals surface area (Å²) < 4.78 is 1.88. The average Bonchev–Trinajstić information content (AvgIpc) is 2.80. The lowest BCUT2D eigenvalue weighted by Crippen LogP contribution is -2.00. The maximum absolute atomic E-state index is 11.3. The molecule has 1 unspecified atom stereocenters. The summed E-state index contributed by atoms with van der Waals surface area (Å²) in [5.41, 5.74) is 3.45. The summed E-state index contributed by atoms with van der Waals surface area (Å²) in [6.45, 7) is 1.75. The van der Waals surface area contributed by atoms with E-state index in [1.165, 1.54) is 0 Å². The van der Waals surface area contributed by atoms with Crippen molar-refractivity contribution in [2.75, 3.05) is 0 Å². The largest absolute Gasteiger partial charge is 0.387 e. The lowest BCUT2D eigenvalue weighted by atomic mass is 10.1. The molecule has 3 rings (SSSR count). The summed E-state index contributed by atoms with van der Waals surface area (Å²) in [4.78, 5) is 10.9. The van der Waals surface area contributed by atoms with Crippen LogP contribution < -0.4 is 0 Å². The van der Waals surface area contributed by atoms with Crippen molar-refractivity contribution in [2.24, 2.45) is 7.05 Å². The molecule has 1 aliphatic carbocycles. The third-order valence-corrected chi connectivity index (χ3v) is 3.86. The van der Waals surface area contributed by atoms with Crippen LogP contribution in [0, 0.1) is 17.0 Å². The Morgan fingerprint density at radius 3 is 2.89 bits per heavy atom. The van der Waals surface area contributed by atoms with Crippen molar-refractivity contribution >= 4 is 16.6 Å². The molecule has 1 aliphatic rings. The molecule has 0 fully saturated rings. The Morgan fingerprint density at radius 1 is 1.50 bits per heavy atom. The number of hydrogen-bond donors (Lipinski definition) is 1. The summed E-state index contributed by atoms with van der Waals surface area (Å²) in [5, 5.41) is 21.9. The van der Waals surface area contributed by atoms with Crippen LogP contribution in [0.1, 0.15) is 29.3 Å². The summed E-state index contributed by atoms with van der Waals surface area (Å²) in [7, 11) is 1.86. The van der Waals surface area contributed by atoms with Gasteiger partial charge in [-0.25, -0.2) is 0 Å². The van der Waals surface area contributed by atoms with E-state index in [-0.39, 0.29) is 10.6 Å². The predicted molar refractivity (Wildman–Crippen MR) is 67.6 cm³/mol. The Balaban J connectivity index is 2.49. The standard InChI is InChI=1S/C13H14N2O3/c1-7-3-5-9-11(12(7)15(17)18)8-4-6-10(16)13(8)14(9)2/h3,5,10,16H,4,6H2,1-2H3. The first-order valence-corrected chi connectivity index (χ1v) is 5.95. The summed E-state index contributed by atoms with van der Waals surface area (Å²) >= 11 is 0. The van der Waals surface area contributed by atoms with E-state index >= 15 is 0 Å². The number of benzene rings is 1. The molecule has 0 saturated carbocycles. The van der Waals surface area contributed by atoms with Crippen molar-refractivity contribution in [3.05, 3.63) is 39.1 Å². The van der Waals surface area contributed by atoms with E-state index in [1.54, 1.807) is 13.0 Å². The van der Waals surface area contributed by atoms with Gasteiger partial charge >= 0.3 is 0 Å². The van der Waals surface area contributed by atoms with Crippen molar-refractivity contribution in [3.63, 3.8) is 0 Å². The zero-order valence-corrected chi connectivity index (χ0v) is 10.3. The van der Waals surface area contributed by atoms with Crippen LogP contribution in [0.15, 0.2) is 12.1 Å². The van der Waals surface area contributed by atoms with Gasteiger partial charge in [0, 0.05) is 12.6 Å². The van der Waals surface area contributed by atoms with Gasteiger partial charge in [0.2, 0.25) is 0 Å². The normalized spacial score (nSPS) is 18.3. The Bertz CT molecular complexity index is 673. The first-order valence-electron chi connectivity index (χ1n) is 5.95.